The Balaban J connectivity index is 1.09. The normalized spacial score (nSPS) is 14.6. The molecule has 1 aliphatic carbocycles. The van der Waals surface area contributed by atoms with Crippen LogP contribution in [0.1, 0.15) is 23.7 Å². The lowest BCUT2D eigenvalue weighted by Crippen LogP contribution is -2.09. The predicted octanol–water partition coefficient (Wildman–Crippen LogP) is 11.3. The largest absolute Gasteiger partial charge is 0.454 e. The van der Waals surface area contributed by atoms with Crippen molar-refractivity contribution in [2.45, 2.75) is 12.3 Å². The standard InChI is InChI=1S/C45H30N4O/c1-3-14-29(15-4-1)43-46-44(30-16-5-2-6-17-30)48-45(47-43)32-19-11-18-31(28-32)33-22-13-27-40-41(33)36-23-12-26-39(42(36)50-40)49-37-24-9-7-20-34(37)35-21-8-10-25-38(35)49/h1-27,32H,28H2. The molecule has 0 fully saturated rings. The van der Waals surface area contributed by atoms with E-state index in [2.05, 4.69) is 108 Å². The number of hydrogen-bond acceptors (Lipinski definition) is 4. The summed E-state index contributed by atoms with van der Waals surface area (Å²) in [6.07, 6.45) is 7.32. The van der Waals surface area contributed by atoms with Gasteiger partial charge >= 0.3 is 0 Å². The molecule has 236 valence electrons. The molecule has 0 saturated carbocycles. The van der Waals surface area contributed by atoms with Crippen molar-refractivity contribution in [2.75, 3.05) is 0 Å². The zero-order valence-corrected chi connectivity index (χ0v) is 27.1. The van der Waals surface area contributed by atoms with E-state index in [0.717, 1.165) is 67.6 Å². The highest BCUT2D eigenvalue weighted by Gasteiger charge is 2.24. The number of fused-ring (bicyclic) bond motifs is 6. The molecule has 1 aliphatic rings. The number of aromatic nitrogens is 4. The highest BCUT2D eigenvalue weighted by atomic mass is 16.3. The van der Waals surface area contributed by atoms with Crippen molar-refractivity contribution in [1.29, 1.82) is 0 Å². The number of nitrogens with zero attached hydrogens (tertiary/aromatic N) is 4. The van der Waals surface area contributed by atoms with Crippen LogP contribution in [0, 0.1) is 0 Å². The van der Waals surface area contributed by atoms with E-state index in [1.54, 1.807) is 0 Å². The number of para-hydroxylation sites is 3. The molecule has 10 rings (SSSR count). The van der Waals surface area contributed by atoms with Crippen LogP contribution < -0.4 is 0 Å². The second-order valence-electron chi connectivity index (χ2n) is 12.8. The molecule has 0 amide bonds. The van der Waals surface area contributed by atoms with Crippen molar-refractivity contribution in [3.05, 3.63) is 175 Å². The smallest absolute Gasteiger partial charge is 0.163 e. The van der Waals surface area contributed by atoms with Crippen molar-refractivity contribution in [3.63, 3.8) is 0 Å². The second-order valence-corrected chi connectivity index (χ2v) is 12.8. The minimum Gasteiger partial charge on any atom is -0.454 e. The van der Waals surface area contributed by atoms with E-state index >= 15 is 0 Å². The summed E-state index contributed by atoms with van der Waals surface area (Å²) in [5.74, 6) is 2.10. The molecule has 0 bridgehead atoms. The molecule has 9 aromatic rings. The van der Waals surface area contributed by atoms with Crippen LogP contribution in [0.15, 0.2) is 168 Å². The topological polar surface area (TPSA) is 56.7 Å². The Morgan fingerprint density at radius 3 is 1.84 bits per heavy atom. The van der Waals surface area contributed by atoms with E-state index in [1.807, 2.05) is 60.7 Å². The second kappa shape index (κ2) is 11.5. The van der Waals surface area contributed by atoms with E-state index in [-0.39, 0.29) is 5.92 Å². The lowest BCUT2D eigenvalue weighted by molar-refractivity contribution is 0.666. The zero-order chi connectivity index (χ0) is 33.0. The van der Waals surface area contributed by atoms with Crippen LogP contribution in [0.3, 0.4) is 0 Å². The van der Waals surface area contributed by atoms with Crippen LogP contribution in [0.25, 0.3) is 77.8 Å². The van der Waals surface area contributed by atoms with Crippen molar-refractivity contribution in [1.82, 2.24) is 19.5 Å². The summed E-state index contributed by atoms with van der Waals surface area (Å²) in [7, 11) is 0. The molecule has 0 radical (unpaired) electrons. The molecular formula is C45H30N4O. The Morgan fingerprint density at radius 1 is 0.560 bits per heavy atom. The maximum atomic E-state index is 6.78. The molecule has 3 aromatic heterocycles. The summed E-state index contributed by atoms with van der Waals surface area (Å²) >= 11 is 0. The molecule has 3 heterocycles. The first kappa shape index (κ1) is 28.4. The van der Waals surface area contributed by atoms with Gasteiger partial charge in [0, 0.05) is 38.6 Å². The number of hydrogen-bond donors (Lipinski definition) is 0. The van der Waals surface area contributed by atoms with E-state index in [9.17, 15) is 0 Å². The summed E-state index contributed by atoms with van der Waals surface area (Å²) in [5.41, 5.74) is 9.42. The highest BCUT2D eigenvalue weighted by molar-refractivity contribution is 6.14. The minimum atomic E-state index is -0.0236. The molecule has 6 aromatic carbocycles. The molecule has 5 heteroatoms. The van der Waals surface area contributed by atoms with Gasteiger partial charge in [0.15, 0.2) is 17.2 Å². The number of rotatable bonds is 5. The van der Waals surface area contributed by atoms with Crippen LogP contribution >= 0.6 is 0 Å². The summed E-state index contributed by atoms with van der Waals surface area (Å²) < 4.78 is 9.12. The van der Waals surface area contributed by atoms with Crippen molar-refractivity contribution in [2.24, 2.45) is 0 Å². The van der Waals surface area contributed by atoms with Gasteiger partial charge in [-0.3, -0.25) is 0 Å². The Kier molecular flexibility index (Phi) is 6.56. The van der Waals surface area contributed by atoms with Gasteiger partial charge in [-0.25, -0.2) is 15.0 Å². The summed E-state index contributed by atoms with van der Waals surface area (Å²) in [5, 5.41) is 4.67. The monoisotopic (exact) mass is 642 g/mol. The highest BCUT2D eigenvalue weighted by Crippen LogP contribution is 2.42. The Bertz CT molecular complexity index is 2680. The van der Waals surface area contributed by atoms with Gasteiger partial charge in [-0.1, -0.05) is 140 Å². The van der Waals surface area contributed by atoms with Gasteiger partial charge in [0.2, 0.25) is 0 Å². The van der Waals surface area contributed by atoms with Crippen molar-refractivity contribution < 1.29 is 4.42 Å². The van der Waals surface area contributed by atoms with Crippen LogP contribution in [-0.4, -0.2) is 19.5 Å². The Hall–Kier alpha value is -6.59. The van der Waals surface area contributed by atoms with Crippen LogP contribution in [0.4, 0.5) is 0 Å². The molecule has 0 spiro atoms. The average molecular weight is 643 g/mol. The third-order valence-electron chi connectivity index (χ3n) is 9.80. The van der Waals surface area contributed by atoms with Gasteiger partial charge < -0.3 is 8.98 Å². The van der Waals surface area contributed by atoms with Gasteiger partial charge in [0.05, 0.1) is 16.7 Å². The van der Waals surface area contributed by atoms with E-state index in [1.165, 1.54) is 16.3 Å². The number of benzene rings is 6. The zero-order valence-electron chi connectivity index (χ0n) is 27.1. The van der Waals surface area contributed by atoms with Crippen LogP contribution in [-0.2, 0) is 0 Å². The maximum Gasteiger partial charge on any atom is 0.163 e. The molecule has 5 nitrogen and oxygen atoms in total. The first-order chi connectivity index (χ1) is 24.8. The third-order valence-corrected chi connectivity index (χ3v) is 9.80. The lowest BCUT2D eigenvalue weighted by atomic mass is 9.87. The quantitative estimate of drug-likeness (QED) is 0.187. The fraction of sp³-hybridized carbons (Fsp3) is 0.0444. The molecule has 1 atom stereocenters. The summed E-state index contributed by atoms with van der Waals surface area (Å²) in [6, 6.07) is 50.4. The van der Waals surface area contributed by atoms with Crippen molar-refractivity contribution in [3.8, 4) is 28.5 Å². The van der Waals surface area contributed by atoms with Gasteiger partial charge in [-0.15, -0.1) is 0 Å². The van der Waals surface area contributed by atoms with Gasteiger partial charge in [-0.05, 0) is 41.8 Å². The predicted molar refractivity (Wildman–Crippen MR) is 203 cm³/mol. The van der Waals surface area contributed by atoms with Crippen molar-refractivity contribution >= 4 is 49.3 Å². The molecule has 0 aliphatic heterocycles. The van der Waals surface area contributed by atoms with Gasteiger partial charge in [0.1, 0.15) is 11.4 Å². The van der Waals surface area contributed by atoms with Crippen LogP contribution in [0.5, 0.6) is 0 Å². The molecule has 1 unspecified atom stereocenters. The van der Waals surface area contributed by atoms with Gasteiger partial charge in [0.25, 0.3) is 0 Å². The number of furan rings is 1. The van der Waals surface area contributed by atoms with E-state index in [0.29, 0.717) is 11.6 Å². The minimum absolute atomic E-state index is 0.0236. The first-order valence-corrected chi connectivity index (χ1v) is 17.0. The first-order valence-electron chi connectivity index (χ1n) is 17.0. The SMILES string of the molecule is C1=CC(c2nc(-c3ccccc3)nc(-c3ccccc3)n2)CC(c2cccc3oc4c(-n5c6ccccc6c6ccccc65)cccc4c23)=C1. The number of allylic oxidation sites excluding steroid dienone is 4. The molecular weight excluding hydrogens is 613 g/mol. The molecule has 0 N–H and O–H groups in total. The van der Waals surface area contributed by atoms with Crippen LogP contribution in [0.2, 0.25) is 0 Å². The molecule has 50 heavy (non-hydrogen) atoms. The summed E-state index contributed by atoms with van der Waals surface area (Å²) in [6.45, 7) is 0. The fourth-order valence-corrected chi connectivity index (χ4v) is 7.51. The van der Waals surface area contributed by atoms with E-state index < -0.39 is 0 Å². The van der Waals surface area contributed by atoms with Gasteiger partial charge in [-0.2, -0.15) is 0 Å². The Labute approximate surface area is 288 Å². The fourth-order valence-electron chi connectivity index (χ4n) is 7.51. The Morgan fingerprint density at radius 2 is 1.16 bits per heavy atom. The third kappa shape index (κ3) is 4.59. The lowest BCUT2D eigenvalue weighted by Gasteiger charge is -2.19. The maximum absolute atomic E-state index is 6.78. The average Bonchev–Trinajstić information content (AvgIpc) is 3.75. The summed E-state index contributed by atoms with van der Waals surface area (Å²) in [4.78, 5) is 15.0. The molecule has 0 saturated heterocycles. The van der Waals surface area contributed by atoms with E-state index in [4.69, 9.17) is 19.4 Å².